The van der Waals surface area contributed by atoms with Crippen molar-refractivity contribution in [3.05, 3.63) is 71.4 Å². The van der Waals surface area contributed by atoms with Crippen LogP contribution in [-0.4, -0.2) is 10.9 Å². The number of hydrogen-bond donors (Lipinski definition) is 2. The predicted molar refractivity (Wildman–Crippen MR) is 85.0 cm³/mol. The molecule has 0 aliphatic rings. The zero-order valence-corrected chi connectivity index (χ0v) is 12.0. The number of rotatable bonds is 4. The molecule has 0 unspecified atom stereocenters. The van der Waals surface area contributed by atoms with E-state index < -0.39 is 0 Å². The largest absolute Gasteiger partial charge is 0.361 e. The summed E-state index contributed by atoms with van der Waals surface area (Å²) in [6, 6.07) is 16.1. The Morgan fingerprint density at radius 2 is 1.81 bits per heavy atom. The Labute approximate surface area is 124 Å². The molecule has 3 nitrogen and oxygen atoms in total. The van der Waals surface area contributed by atoms with Crippen molar-refractivity contribution < 1.29 is 4.79 Å². The van der Waals surface area contributed by atoms with Crippen LogP contribution in [-0.2, 0) is 17.8 Å². The third-order valence-corrected chi connectivity index (χ3v) is 3.76. The summed E-state index contributed by atoms with van der Waals surface area (Å²) in [6.45, 7) is 2.63. The minimum atomic E-state index is 0.0445. The van der Waals surface area contributed by atoms with Crippen molar-refractivity contribution in [2.45, 2.75) is 19.9 Å². The first-order chi connectivity index (χ1) is 10.2. The van der Waals surface area contributed by atoms with E-state index in [0.717, 1.165) is 22.0 Å². The first kappa shape index (κ1) is 13.4. The number of H-pyrrole nitrogens is 1. The Bertz CT molecular complexity index is 773. The van der Waals surface area contributed by atoms with Crippen molar-refractivity contribution in [3.8, 4) is 0 Å². The molecule has 3 heteroatoms. The number of nitrogens with one attached hydrogen (secondary N) is 2. The molecule has 1 aromatic heterocycles. The normalized spacial score (nSPS) is 10.7. The summed E-state index contributed by atoms with van der Waals surface area (Å²) in [5.41, 5.74) is 4.46. The number of benzene rings is 2. The predicted octanol–water partition coefficient (Wildman–Crippen LogP) is 3.34. The van der Waals surface area contributed by atoms with Crippen molar-refractivity contribution >= 4 is 16.8 Å². The van der Waals surface area contributed by atoms with Gasteiger partial charge in [-0.25, -0.2) is 0 Å². The maximum atomic E-state index is 12.1. The van der Waals surface area contributed by atoms with E-state index >= 15 is 0 Å². The van der Waals surface area contributed by atoms with E-state index in [-0.39, 0.29) is 5.91 Å². The molecule has 0 aliphatic heterocycles. The fraction of sp³-hybridized carbons (Fsp3) is 0.167. The van der Waals surface area contributed by atoms with E-state index in [4.69, 9.17) is 0 Å². The molecule has 0 atom stereocenters. The first-order valence-corrected chi connectivity index (χ1v) is 7.10. The number of carbonyl (C=O) groups excluding carboxylic acids is 1. The summed E-state index contributed by atoms with van der Waals surface area (Å²) in [5, 5.41) is 4.10. The van der Waals surface area contributed by atoms with Gasteiger partial charge in [0.1, 0.15) is 0 Å². The van der Waals surface area contributed by atoms with Crippen molar-refractivity contribution in [1.82, 2.24) is 10.3 Å². The molecule has 21 heavy (non-hydrogen) atoms. The number of fused-ring (bicyclic) bond motifs is 1. The first-order valence-electron chi connectivity index (χ1n) is 7.10. The van der Waals surface area contributed by atoms with Gasteiger partial charge in [-0.05, 0) is 29.7 Å². The molecule has 2 aromatic carbocycles. The van der Waals surface area contributed by atoms with Crippen LogP contribution in [0.15, 0.2) is 54.7 Å². The molecule has 0 aliphatic carbocycles. The second-order valence-corrected chi connectivity index (χ2v) is 5.24. The van der Waals surface area contributed by atoms with Crippen LogP contribution in [0.4, 0.5) is 0 Å². The fourth-order valence-electron chi connectivity index (χ4n) is 2.52. The molecule has 1 amide bonds. The van der Waals surface area contributed by atoms with Crippen molar-refractivity contribution in [2.75, 3.05) is 0 Å². The van der Waals surface area contributed by atoms with Gasteiger partial charge in [0.05, 0.1) is 6.42 Å². The third kappa shape index (κ3) is 2.97. The average molecular weight is 278 g/mol. The lowest BCUT2D eigenvalue weighted by molar-refractivity contribution is -0.120. The molecule has 3 aromatic rings. The van der Waals surface area contributed by atoms with E-state index in [1.807, 2.05) is 48.7 Å². The average Bonchev–Trinajstić information content (AvgIpc) is 2.90. The van der Waals surface area contributed by atoms with E-state index in [2.05, 4.69) is 23.3 Å². The van der Waals surface area contributed by atoms with Gasteiger partial charge in [0.25, 0.3) is 0 Å². The van der Waals surface area contributed by atoms with Crippen LogP contribution >= 0.6 is 0 Å². The van der Waals surface area contributed by atoms with Crippen LogP contribution in [0, 0.1) is 6.92 Å². The molecule has 0 saturated carbocycles. The van der Waals surface area contributed by atoms with Crippen LogP contribution < -0.4 is 5.32 Å². The summed E-state index contributed by atoms with van der Waals surface area (Å²) in [4.78, 5) is 15.3. The molecule has 1 heterocycles. The van der Waals surface area contributed by atoms with E-state index in [1.165, 1.54) is 5.56 Å². The maximum absolute atomic E-state index is 12.1. The van der Waals surface area contributed by atoms with Crippen LogP contribution in [0.5, 0.6) is 0 Å². The summed E-state index contributed by atoms with van der Waals surface area (Å²) < 4.78 is 0. The molecule has 2 N–H and O–H groups in total. The second kappa shape index (κ2) is 5.83. The molecule has 0 spiro atoms. The third-order valence-electron chi connectivity index (χ3n) is 3.76. The van der Waals surface area contributed by atoms with Crippen LogP contribution in [0.2, 0.25) is 0 Å². The molecule has 0 bridgehead atoms. The number of aromatic nitrogens is 1. The number of carbonyl (C=O) groups is 1. The number of hydrogen-bond acceptors (Lipinski definition) is 1. The Kier molecular flexibility index (Phi) is 3.73. The van der Waals surface area contributed by atoms with Gasteiger partial charge in [0.2, 0.25) is 5.91 Å². The van der Waals surface area contributed by atoms with E-state index in [0.29, 0.717) is 13.0 Å². The highest BCUT2D eigenvalue weighted by atomic mass is 16.1. The Hall–Kier alpha value is -2.55. The SMILES string of the molecule is Cc1ccccc1CNC(=O)Cc1c[nH]c2ccccc12. The quantitative estimate of drug-likeness (QED) is 0.755. The highest BCUT2D eigenvalue weighted by molar-refractivity contribution is 5.88. The van der Waals surface area contributed by atoms with Gasteiger partial charge in [0, 0.05) is 23.6 Å². The minimum absolute atomic E-state index is 0.0445. The molecule has 0 fully saturated rings. The standard InChI is InChI=1S/C18H18N2O/c1-13-6-2-3-7-14(13)11-20-18(21)10-15-12-19-17-9-5-4-8-16(15)17/h2-9,12,19H,10-11H2,1H3,(H,20,21). The Morgan fingerprint density at radius 3 is 2.67 bits per heavy atom. The van der Waals surface area contributed by atoms with Gasteiger partial charge in [-0.15, -0.1) is 0 Å². The molecule has 0 radical (unpaired) electrons. The monoisotopic (exact) mass is 278 g/mol. The highest BCUT2D eigenvalue weighted by Gasteiger charge is 2.08. The van der Waals surface area contributed by atoms with E-state index in [1.54, 1.807) is 0 Å². The van der Waals surface area contributed by atoms with Gasteiger partial charge in [-0.2, -0.15) is 0 Å². The molecular formula is C18H18N2O. The zero-order valence-electron chi connectivity index (χ0n) is 12.0. The van der Waals surface area contributed by atoms with Gasteiger partial charge < -0.3 is 10.3 Å². The summed E-state index contributed by atoms with van der Waals surface area (Å²) in [6.07, 6.45) is 2.31. The van der Waals surface area contributed by atoms with E-state index in [9.17, 15) is 4.79 Å². The molecular weight excluding hydrogens is 260 g/mol. The van der Waals surface area contributed by atoms with Gasteiger partial charge in [0.15, 0.2) is 0 Å². The molecule has 0 saturated heterocycles. The summed E-state index contributed by atoms with van der Waals surface area (Å²) in [5.74, 6) is 0.0445. The molecule has 106 valence electrons. The number of aromatic amines is 1. The van der Waals surface area contributed by atoms with Crippen LogP contribution in [0.3, 0.4) is 0 Å². The fourth-order valence-corrected chi connectivity index (χ4v) is 2.52. The van der Waals surface area contributed by atoms with Crippen LogP contribution in [0.25, 0.3) is 10.9 Å². The summed E-state index contributed by atoms with van der Waals surface area (Å²) in [7, 11) is 0. The van der Waals surface area contributed by atoms with Gasteiger partial charge >= 0.3 is 0 Å². The Morgan fingerprint density at radius 1 is 1.05 bits per heavy atom. The lowest BCUT2D eigenvalue weighted by atomic mass is 10.1. The maximum Gasteiger partial charge on any atom is 0.224 e. The Balaban J connectivity index is 1.66. The number of amides is 1. The lowest BCUT2D eigenvalue weighted by Gasteiger charge is -2.07. The minimum Gasteiger partial charge on any atom is -0.361 e. The summed E-state index contributed by atoms with van der Waals surface area (Å²) >= 11 is 0. The van der Waals surface area contributed by atoms with Crippen molar-refractivity contribution in [1.29, 1.82) is 0 Å². The van der Waals surface area contributed by atoms with Gasteiger partial charge in [-0.3, -0.25) is 4.79 Å². The smallest absolute Gasteiger partial charge is 0.224 e. The number of aryl methyl sites for hydroxylation is 1. The zero-order chi connectivity index (χ0) is 14.7. The van der Waals surface area contributed by atoms with Crippen molar-refractivity contribution in [2.24, 2.45) is 0 Å². The number of para-hydroxylation sites is 1. The highest BCUT2D eigenvalue weighted by Crippen LogP contribution is 2.18. The molecule has 3 rings (SSSR count). The second-order valence-electron chi connectivity index (χ2n) is 5.24. The topological polar surface area (TPSA) is 44.9 Å². The van der Waals surface area contributed by atoms with Crippen LogP contribution in [0.1, 0.15) is 16.7 Å². The lowest BCUT2D eigenvalue weighted by Crippen LogP contribution is -2.24. The van der Waals surface area contributed by atoms with Gasteiger partial charge in [-0.1, -0.05) is 42.5 Å². The van der Waals surface area contributed by atoms with Crippen molar-refractivity contribution in [3.63, 3.8) is 0 Å².